The number of hydrogen-bond acceptors (Lipinski definition) is 5. The summed E-state index contributed by atoms with van der Waals surface area (Å²) >= 11 is 0. The van der Waals surface area contributed by atoms with Crippen molar-refractivity contribution in [2.45, 2.75) is 37.5 Å². The van der Waals surface area contributed by atoms with Crippen molar-refractivity contribution in [1.29, 1.82) is 0 Å². The first-order valence-corrected chi connectivity index (χ1v) is 7.47. The number of hydrogen-bond donors (Lipinski definition) is 1. The summed E-state index contributed by atoms with van der Waals surface area (Å²) in [6.45, 7) is 0.556. The summed E-state index contributed by atoms with van der Waals surface area (Å²) in [6, 6.07) is 7.69. The van der Waals surface area contributed by atoms with Crippen LogP contribution in [0.1, 0.15) is 38.0 Å². The van der Waals surface area contributed by atoms with Gasteiger partial charge in [-0.2, -0.15) is 4.98 Å². The van der Waals surface area contributed by atoms with Crippen LogP contribution in [0.2, 0.25) is 0 Å². The largest absolute Gasteiger partial charge is 0.496 e. The second kappa shape index (κ2) is 5.85. The van der Waals surface area contributed by atoms with E-state index in [4.69, 9.17) is 15.0 Å². The molecule has 0 bridgehead atoms. The molecular weight excluding hydrogens is 266 g/mol. The lowest BCUT2D eigenvalue weighted by atomic mass is 9.74. The number of benzene rings is 1. The minimum absolute atomic E-state index is 0.147. The molecule has 1 heterocycles. The zero-order valence-electron chi connectivity index (χ0n) is 12.3. The monoisotopic (exact) mass is 287 g/mol. The third-order valence-corrected chi connectivity index (χ3v) is 4.43. The van der Waals surface area contributed by atoms with Crippen molar-refractivity contribution in [2.24, 2.45) is 5.73 Å². The molecule has 0 radical (unpaired) electrons. The highest BCUT2D eigenvalue weighted by Crippen LogP contribution is 2.39. The van der Waals surface area contributed by atoms with Gasteiger partial charge in [0.1, 0.15) is 5.75 Å². The lowest BCUT2D eigenvalue weighted by molar-refractivity contribution is 0.220. The SMILES string of the molecule is COc1ccccc1-c1noc(C2(CN)CCCCC2)n1. The molecule has 1 aromatic heterocycles. The molecule has 0 spiro atoms. The Morgan fingerprint density at radius 3 is 2.71 bits per heavy atom. The van der Waals surface area contributed by atoms with Crippen molar-refractivity contribution in [3.05, 3.63) is 30.2 Å². The molecule has 1 saturated carbocycles. The summed E-state index contributed by atoms with van der Waals surface area (Å²) in [5.41, 5.74) is 6.72. The van der Waals surface area contributed by atoms with Gasteiger partial charge in [0, 0.05) is 6.54 Å². The molecule has 0 atom stereocenters. The zero-order valence-corrected chi connectivity index (χ0v) is 12.3. The molecule has 1 aliphatic rings. The van der Waals surface area contributed by atoms with Gasteiger partial charge in [0.25, 0.3) is 0 Å². The topological polar surface area (TPSA) is 74.2 Å². The Kier molecular flexibility index (Phi) is 3.92. The van der Waals surface area contributed by atoms with Crippen LogP contribution in [-0.4, -0.2) is 23.8 Å². The predicted octanol–water partition coefficient (Wildman–Crippen LogP) is 2.91. The average Bonchev–Trinajstić information content (AvgIpc) is 3.06. The highest BCUT2D eigenvalue weighted by Gasteiger charge is 2.38. The minimum atomic E-state index is -0.147. The van der Waals surface area contributed by atoms with Gasteiger partial charge in [-0.15, -0.1) is 0 Å². The Hall–Kier alpha value is -1.88. The third-order valence-electron chi connectivity index (χ3n) is 4.43. The van der Waals surface area contributed by atoms with Crippen LogP contribution in [-0.2, 0) is 5.41 Å². The quantitative estimate of drug-likeness (QED) is 0.936. The molecule has 5 heteroatoms. The van der Waals surface area contributed by atoms with Gasteiger partial charge in [-0.25, -0.2) is 0 Å². The second-order valence-electron chi connectivity index (χ2n) is 5.67. The van der Waals surface area contributed by atoms with E-state index in [1.165, 1.54) is 19.3 Å². The molecule has 1 aliphatic carbocycles. The number of rotatable bonds is 4. The number of aromatic nitrogens is 2. The van der Waals surface area contributed by atoms with Crippen molar-refractivity contribution in [3.8, 4) is 17.1 Å². The summed E-state index contributed by atoms with van der Waals surface area (Å²) < 4.78 is 10.9. The van der Waals surface area contributed by atoms with Crippen LogP contribution < -0.4 is 10.5 Å². The van der Waals surface area contributed by atoms with Crippen molar-refractivity contribution in [1.82, 2.24) is 10.1 Å². The average molecular weight is 287 g/mol. The van der Waals surface area contributed by atoms with E-state index in [9.17, 15) is 0 Å². The van der Waals surface area contributed by atoms with Crippen LogP contribution in [0.4, 0.5) is 0 Å². The summed E-state index contributed by atoms with van der Waals surface area (Å²) in [6.07, 6.45) is 5.65. The fourth-order valence-electron chi connectivity index (χ4n) is 3.11. The highest BCUT2D eigenvalue weighted by molar-refractivity contribution is 5.63. The molecule has 0 saturated heterocycles. The first kappa shape index (κ1) is 14.1. The third kappa shape index (κ3) is 2.53. The maximum absolute atomic E-state index is 6.02. The van der Waals surface area contributed by atoms with E-state index in [1.54, 1.807) is 7.11 Å². The van der Waals surface area contributed by atoms with Gasteiger partial charge in [0.05, 0.1) is 18.1 Å². The number of ether oxygens (including phenoxy) is 1. The van der Waals surface area contributed by atoms with Gasteiger partial charge in [0.15, 0.2) is 0 Å². The Balaban J connectivity index is 1.96. The van der Waals surface area contributed by atoms with Gasteiger partial charge in [-0.1, -0.05) is 36.6 Å². The highest BCUT2D eigenvalue weighted by atomic mass is 16.5. The van der Waals surface area contributed by atoms with E-state index < -0.39 is 0 Å². The van der Waals surface area contributed by atoms with E-state index in [0.717, 1.165) is 24.2 Å². The Morgan fingerprint density at radius 1 is 1.24 bits per heavy atom. The molecule has 0 aliphatic heterocycles. The Bertz CT molecular complexity index is 603. The number of methoxy groups -OCH3 is 1. The normalized spacial score (nSPS) is 17.6. The van der Waals surface area contributed by atoms with Gasteiger partial charge < -0.3 is 15.0 Å². The summed E-state index contributed by atoms with van der Waals surface area (Å²) in [7, 11) is 1.64. The van der Waals surface area contributed by atoms with E-state index in [1.807, 2.05) is 24.3 Å². The first-order valence-electron chi connectivity index (χ1n) is 7.47. The van der Waals surface area contributed by atoms with E-state index in [2.05, 4.69) is 10.1 Å². The standard InChI is InChI=1S/C16H21N3O2/c1-20-13-8-4-3-7-12(13)14-18-15(21-19-14)16(11-17)9-5-2-6-10-16/h3-4,7-8H,2,5-6,9-11,17H2,1H3. The summed E-state index contributed by atoms with van der Waals surface area (Å²) in [5, 5.41) is 4.14. The molecule has 1 aromatic carbocycles. The summed E-state index contributed by atoms with van der Waals surface area (Å²) in [4.78, 5) is 4.62. The molecule has 5 nitrogen and oxygen atoms in total. The molecule has 2 aromatic rings. The van der Waals surface area contributed by atoms with Crippen molar-refractivity contribution in [2.75, 3.05) is 13.7 Å². The van der Waals surface area contributed by atoms with Crippen LogP contribution >= 0.6 is 0 Å². The molecular formula is C16H21N3O2. The zero-order chi connectivity index (χ0) is 14.7. The summed E-state index contributed by atoms with van der Waals surface area (Å²) in [5.74, 6) is 1.99. The van der Waals surface area contributed by atoms with Gasteiger partial charge in [-0.05, 0) is 25.0 Å². The predicted molar refractivity (Wildman–Crippen MR) is 80.1 cm³/mol. The Labute approximate surface area is 124 Å². The lowest BCUT2D eigenvalue weighted by Gasteiger charge is -2.32. The molecule has 1 fully saturated rings. The van der Waals surface area contributed by atoms with E-state index >= 15 is 0 Å². The maximum atomic E-state index is 6.02. The molecule has 0 amide bonds. The van der Waals surface area contributed by atoms with Crippen molar-refractivity contribution >= 4 is 0 Å². The minimum Gasteiger partial charge on any atom is -0.496 e. The fourth-order valence-corrected chi connectivity index (χ4v) is 3.11. The van der Waals surface area contributed by atoms with Crippen LogP contribution in [0.3, 0.4) is 0 Å². The Morgan fingerprint density at radius 2 is 2.00 bits per heavy atom. The lowest BCUT2D eigenvalue weighted by Crippen LogP contribution is -2.37. The molecule has 112 valence electrons. The smallest absolute Gasteiger partial charge is 0.234 e. The van der Waals surface area contributed by atoms with Crippen LogP contribution in [0.25, 0.3) is 11.4 Å². The van der Waals surface area contributed by atoms with Crippen LogP contribution in [0.15, 0.2) is 28.8 Å². The van der Waals surface area contributed by atoms with Gasteiger partial charge >= 0.3 is 0 Å². The first-order chi connectivity index (χ1) is 10.3. The van der Waals surface area contributed by atoms with Crippen LogP contribution in [0, 0.1) is 0 Å². The van der Waals surface area contributed by atoms with Gasteiger partial charge in [0.2, 0.25) is 11.7 Å². The van der Waals surface area contributed by atoms with Crippen molar-refractivity contribution in [3.63, 3.8) is 0 Å². The number of nitrogens with two attached hydrogens (primary N) is 1. The van der Waals surface area contributed by atoms with E-state index in [0.29, 0.717) is 18.3 Å². The number of nitrogens with zero attached hydrogens (tertiary/aromatic N) is 2. The van der Waals surface area contributed by atoms with Gasteiger partial charge in [-0.3, -0.25) is 0 Å². The molecule has 2 N–H and O–H groups in total. The molecule has 0 unspecified atom stereocenters. The number of para-hydroxylation sites is 1. The van der Waals surface area contributed by atoms with E-state index in [-0.39, 0.29) is 5.41 Å². The maximum Gasteiger partial charge on any atom is 0.234 e. The second-order valence-corrected chi connectivity index (χ2v) is 5.67. The fraction of sp³-hybridized carbons (Fsp3) is 0.500. The van der Waals surface area contributed by atoms with Crippen LogP contribution in [0.5, 0.6) is 5.75 Å². The molecule has 21 heavy (non-hydrogen) atoms. The molecule has 3 rings (SSSR count). The van der Waals surface area contributed by atoms with Crippen molar-refractivity contribution < 1.29 is 9.26 Å².